The molecule has 0 saturated carbocycles. The summed E-state index contributed by atoms with van der Waals surface area (Å²) in [5, 5.41) is 2.36. The first-order valence-electron chi connectivity index (χ1n) is 6.51. The molecule has 0 unspecified atom stereocenters. The van der Waals surface area contributed by atoms with Crippen LogP contribution in [-0.4, -0.2) is 11.8 Å². The minimum Gasteiger partial charge on any atom is -0.288 e. The van der Waals surface area contributed by atoms with Crippen LogP contribution in [0.4, 0.5) is 4.39 Å². The van der Waals surface area contributed by atoms with Gasteiger partial charge in [-0.2, -0.15) is 0 Å². The topological polar surface area (TPSA) is 46.2 Å². The number of halogens is 2. The Morgan fingerprint density at radius 2 is 1.91 bits per heavy atom. The first kappa shape index (κ1) is 14.9. The number of carbonyl (C=O) groups is 2. The Kier molecular flexibility index (Phi) is 3.62. The summed E-state index contributed by atoms with van der Waals surface area (Å²) in [7, 11) is 0. The van der Waals surface area contributed by atoms with E-state index in [0.717, 1.165) is 10.5 Å². The molecule has 0 atom stereocenters. The molecule has 0 saturated heterocycles. The van der Waals surface area contributed by atoms with E-state index in [1.807, 2.05) is 13.8 Å². The number of allylic oxidation sites excluding steroid dienone is 1. The Bertz CT molecular complexity index is 850. The van der Waals surface area contributed by atoms with Crippen LogP contribution in [0.2, 0.25) is 5.02 Å². The van der Waals surface area contributed by atoms with E-state index in [0.29, 0.717) is 21.6 Å². The Balaban J connectivity index is 2.19. The summed E-state index contributed by atoms with van der Waals surface area (Å²) in [5.74, 6) is -1.30. The normalized spacial score (nSPS) is 13.9. The molecule has 2 aromatic rings. The molecule has 2 amide bonds. The number of nitrogens with one attached hydrogen (secondary N) is 1. The zero-order valence-electron chi connectivity index (χ0n) is 11.8. The Morgan fingerprint density at radius 1 is 1.18 bits per heavy atom. The van der Waals surface area contributed by atoms with E-state index in [4.69, 9.17) is 11.6 Å². The number of hydrogen-bond donors (Lipinski definition) is 1. The highest BCUT2D eigenvalue weighted by Gasteiger charge is 2.30. The van der Waals surface area contributed by atoms with Crippen LogP contribution in [0.25, 0.3) is 16.0 Å². The van der Waals surface area contributed by atoms with Gasteiger partial charge in [-0.05, 0) is 37.6 Å². The summed E-state index contributed by atoms with van der Waals surface area (Å²) < 4.78 is 13.3. The summed E-state index contributed by atoms with van der Waals surface area (Å²) >= 11 is 7.13. The van der Waals surface area contributed by atoms with Gasteiger partial charge in [0.05, 0.1) is 21.0 Å². The molecule has 3 nitrogen and oxygen atoms in total. The lowest BCUT2D eigenvalue weighted by Gasteiger charge is -2.15. The summed E-state index contributed by atoms with van der Waals surface area (Å²) in [4.78, 5) is 25.4. The maximum Gasteiger partial charge on any atom is 0.259 e. The van der Waals surface area contributed by atoms with Gasteiger partial charge in [0, 0.05) is 4.88 Å². The molecule has 0 bridgehead atoms. The minimum atomic E-state index is -0.496. The number of benzene rings is 1. The fourth-order valence-electron chi connectivity index (χ4n) is 2.33. The van der Waals surface area contributed by atoms with Gasteiger partial charge in [0.2, 0.25) is 0 Å². The second-order valence-corrected chi connectivity index (χ2v) is 6.60. The zero-order chi connectivity index (χ0) is 16.0. The van der Waals surface area contributed by atoms with Gasteiger partial charge < -0.3 is 0 Å². The lowest BCUT2D eigenvalue weighted by molar-refractivity contribution is -0.114. The quantitative estimate of drug-likeness (QED) is 0.625. The van der Waals surface area contributed by atoms with Gasteiger partial charge in [-0.3, -0.25) is 14.9 Å². The van der Waals surface area contributed by atoms with Crippen LogP contribution < -0.4 is 5.32 Å². The summed E-state index contributed by atoms with van der Waals surface area (Å²) in [6, 6.07) is 6.09. The van der Waals surface area contributed by atoms with Crippen molar-refractivity contribution in [2.75, 3.05) is 0 Å². The molecular formula is C16H11ClFNO2S. The third-order valence-corrected chi connectivity index (χ3v) is 4.85. The van der Waals surface area contributed by atoms with Crippen molar-refractivity contribution in [1.29, 1.82) is 0 Å². The highest BCUT2D eigenvalue weighted by atomic mass is 35.5. The highest BCUT2D eigenvalue weighted by Crippen LogP contribution is 2.39. The first-order chi connectivity index (χ1) is 10.4. The van der Waals surface area contributed by atoms with Gasteiger partial charge in [-0.1, -0.05) is 23.2 Å². The maximum atomic E-state index is 13.3. The monoisotopic (exact) mass is 335 g/mol. The second kappa shape index (κ2) is 5.34. The van der Waals surface area contributed by atoms with Crippen molar-refractivity contribution in [3.63, 3.8) is 0 Å². The van der Waals surface area contributed by atoms with E-state index in [1.165, 1.54) is 23.5 Å². The number of thiophene rings is 1. The Morgan fingerprint density at radius 3 is 2.55 bits per heavy atom. The van der Waals surface area contributed by atoms with Crippen molar-refractivity contribution in [1.82, 2.24) is 5.32 Å². The van der Waals surface area contributed by atoms with E-state index in [9.17, 15) is 14.0 Å². The molecule has 3 rings (SSSR count). The van der Waals surface area contributed by atoms with Crippen LogP contribution in [0, 0.1) is 5.82 Å². The number of hydrogen-bond acceptors (Lipinski definition) is 3. The second-order valence-electron chi connectivity index (χ2n) is 5.14. The molecule has 2 heterocycles. The predicted molar refractivity (Wildman–Crippen MR) is 85.5 cm³/mol. The molecule has 1 aromatic heterocycles. The van der Waals surface area contributed by atoms with E-state index in [1.54, 1.807) is 12.1 Å². The molecule has 1 N–H and O–H groups in total. The van der Waals surface area contributed by atoms with Crippen LogP contribution in [0.15, 0.2) is 29.8 Å². The number of amides is 2. The molecule has 0 radical (unpaired) electrons. The number of fused-ring (bicyclic) bond motifs is 1. The lowest BCUT2D eigenvalue weighted by atomic mass is 10.00. The van der Waals surface area contributed by atoms with Crippen LogP contribution >= 0.6 is 22.9 Å². The fourth-order valence-corrected chi connectivity index (χ4v) is 3.81. The summed E-state index contributed by atoms with van der Waals surface area (Å²) in [5.41, 5.74) is 2.51. The number of rotatable bonds is 1. The van der Waals surface area contributed by atoms with Crippen LogP contribution in [0.1, 0.15) is 29.1 Å². The molecule has 112 valence electrons. The molecule has 6 heteroatoms. The smallest absolute Gasteiger partial charge is 0.259 e. The van der Waals surface area contributed by atoms with Crippen molar-refractivity contribution >= 4 is 40.3 Å². The third-order valence-electron chi connectivity index (χ3n) is 3.36. The maximum absolute atomic E-state index is 13.3. The average molecular weight is 336 g/mol. The Labute approximate surface area is 135 Å². The molecule has 1 aliphatic rings. The minimum absolute atomic E-state index is 0.0202. The van der Waals surface area contributed by atoms with Gasteiger partial charge in [0.15, 0.2) is 0 Å². The molecule has 0 spiro atoms. The summed E-state index contributed by atoms with van der Waals surface area (Å²) in [6.07, 6.45) is 0. The van der Waals surface area contributed by atoms with Crippen LogP contribution in [0.5, 0.6) is 0 Å². The van der Waals surface area contributed by atoms with Gasteiger partial charge in [-0.15, -0.1) is 11.3 Å². The average Bonchev–Trinajstić information content (AvgIpc) is 2.86. The molecule has 0 fully saturated rings. The first-order valence-corrected chi connectivity index (χ1v) is 7.70. The molecular weight excluding hydrogens is 325 g/mol. The van der Waals surface area contributed by atoms with Crippen molar-refractivity contribution in [3.05, 3.63) is 51.1 Å². The van der Waals surface area contributed by atoms with Gasteiger partial charge in [0.1, 0.15) is 5.82 Å². The lowest BCUT2D eigenvalue weighted by Crippen LogP contribution is -2.35. The van der Waals surface area contributed by atoms with Gasteiger partial charge in [-0.25, -0.2) is 4.39 Å². The Hall–Kier alpha value is -1.98. The molecule has 0 aliphatic carbocycles. The standard InChI is InChI=1S/C16H11ClFNO2S/c1-7(2)13-14-9(15(20)19-16(13)21)6-12(22-14)8-3-4-11(18)10(17)5-8/h3-6H,1-2H3,(H,19,20,21). The van der Waals surface area contributed by atoms with Crippen molar-refractivity contribution in [2.24, 2.45) is 0 Å². The van der Waals surface area contributed by atoms with E-state index in [-0.39, 0.29) is 10.9 Å². The molecule has 1 aromatic carbocycles. The van der Waals surface area contributed by atoms with Crippen molar-refractivity contribution in [2.45, 2.75) is 13.8 Å². The molecule has 22 heavy (non-hydrogen) atoms. The SMILES string of the molecule is CC(C)=C1C(=O)NC(=O)c2cc(-c3ccc(F)c(Cl)c3)sc21. The van der Waals surface area contributed by atoms with Crippen molar-refractivity contribution in [3.8, 4) is 10.4 Å². The highest BCUT2D eigenvalue weighted by molar-refractivity contribution is 7.17. The predicted octanol–water partition coefficient (Wildman–Crippen LogP) is 4.27. The van der Waals surface area contributed by atoms with Gasteiger partial charge in [0.25, 0.3) is 11.8 Å². The largest absolute Gasteiger partial charge is 0.288 e. The fraction of sp³-hybridized carbons (Fsp3) is 0.125. The van der Waals surface area contributed by atoms with Crippen LogP contribution in [-0.2, 0) is 4.79 Å². The zero-order valence-corrected chi connectivity index (χ0v) is 13.4. The van der Waals surface area contributed by atoms with E-state index in [2.05, 4.69) is 5.32 Å². The van der Waals surface area contributed by atoms with Gasteiger partial charge >= 0.3 is 0 Å². The number of carbonyl (C=O) groups excluding carboxylic acids is 2. The van der Waals surface area contributed by atoms with Crippen molar-refractivity contribution < 1.29 is 14.0 Å². The van der Waals surface area contributed by atoms with E-state index < -0.39 is 11.7 Å². The third kappa shape index (κ3) is 2.36. The van der Waals surface area contributed by atoms with Crippen LogP contribution in [0.3, 0.4) is 0 Å². The van der Waals surface area contributed by atoms with E-state index >= 15 is 0 Å². The molecule has 1 aliphatic heterocycles. The summed E-state index contributed by atoms with van der Waals surface area (Å²) in [6.45, 7) is 3.64. The number of imide groups is 1.